The van der Waals surface area contributed by atoms with E-state index in [2.05, 4.69) is 68.4 Å². The first-order valence-corrected chi connectivity index (χ1v) is 9.83. The van der Waals surface area contributed by atoms with Crippen molar-refractivity contribution < 1.29 is 0 Å². The van der Waals surface area contributed by atoms with Crippen molar-refractivity contribution in [2.45, 2.75) is 31.5 Å². The van der Waals surface area contributed by atoms with E-state index in [-0.39, 0.29) is 5.54 Å². The SMILES string of the molecule is c1ccc(-c2cnc3n2CCNC32CCN(Cc3ccccn3)CC2)cc1. The van der Waals surface area contributed by atoms with Gasteiger partial charge in [0.25, 0.3) is 0 Å². The molecule has 0 bridgehead atoms. The lowest BCUT2D eigenvalue weighted by atomic mass is 9.85. The molecule has 0 saturated carbocycles. The summed E-state index contributed by atoms with van der Waals surface area (Å²) >= 11 is 0. The average molecular weight is 359 g/mol. The maximum Gasteiger partial charge on any atom is 0.129 e. The molecule has 1 spiro atoms. The van der Waals surface area contributed by atoms with E-state index in [0.717, 1.165) is 51.3 Å². The van der Waals surface area contributed by atoms with Crippen LogP contribution in [0.15, 0.2) is 60.9 Å². The monoisotopic (exact) mass is 359 g/mol. The minimum absolute atomic E-state index is 0.00585. The number of benzene rings is 1. The minimum atomic E-state index is 0.00585. The van der Waals surface area contributed by atoms with E-state index in [1.165, 1.54) is 17.1 Å². The van der Waals surface area contributed by atoms with Crippen LogP contribution in [-0.2, 0) is 18.6 Å². The summed E-state index contributed by atoms with van der Waals surface area (Å²) < 4.78 is 2.43. The van der Waals surface area contributed by atoms with E-state index in [1.54, 1.807) is 0 Å². The quantitative estimate of drug-likeness (QED) is 0.781. The molecule has 1 N–H and O–H groups in total. The van der Waals surface area contributed by atoms with Gasteiger partial charge >= 0.3 is 0 Å². The first-order valence-electron chi connectivity index (χ1n) is 9.83. The molecule has 0 unspecified atom stereocenters. The zero-order valence-corrected chi connectivity index (χ0v) is 15.5. The smallest absolute Gasteiger partial charge is 0.129 e. The van der Waals surface area contributed by atoms with Crippen LogP contribution in [0.3, 0.4) is 0 Å². The number of fused-ring (bicyclic) bond motifs is 2. The fraction of sp³-hybridized carbons (Fsp3) is 0.364. The van der Waals surface area contributed by atoms with E-state index in [9.17, 15) is 0 Å². The Morgan fingerprint density at radius 3 is 2.52 bits per heavy atom. The first-order chi connectivity index (χ1) is 13.3. The standard InChI is InChI=1S/C22H25N5/c1-2-6-18(7-3-1)20-16-24-21-22(25-12-15-27(20)21)9-13-26(14-10-22)17-19-8-4-5-11-23-19/h1-8,11,16,25H,9-10,12-15,17H2. The number of likely N-dealkylation sites (tertiary alicyclic amines) is 1. The van der Waals surface area contributed by atoms with Gasteiger partial charge in [-0.3, -0.25) is 9.88 Å². The van der Waals surface area contributed by atoms with Crippen LogP contribution in [0, 0.1) is 0 Å². The van der Waals surface area contributed by atoms with Crippen molar-refractivity contribution in [3.05, 3.63) is 72.4 Å². The largest absolute Gasteiger partial charge is 0.325 e. The molecular weight excluding hydrogens is 334 g/mol. The lowest BCUT2D eigenvalue weighted by Crippen LogP contribution is -2.55. The maximum atomic E-state index is 4.89. The summed E-state index contributed by atoms with van der Waals surface area (Å²) in [5.41, 5.74) is 3.65. The number of pyridine rings is 1. The summed E-state index contributed by atoms with van der Waals surface area (Å²) in [5, 5.41) is 3.81. The van der Waals surface area contributed by atoms with Crippen LogP contribution < -0.4 is 5.32 Å². The van der Waals surface area contributed by atoms with Gasteiger partial charge in [0.05, 0.1) is 23.1 Å². The van der Waals surface area contributed by atoms with Gasteiger partial charge in [-0.15, -0.1) is 0 Å². The zero-order valence-electron chi connectivity index (χ0n) is 15.5. The summed E-state index contributed by atoms with van der Waals surface area (Å²) in [7, 11) is 0. The molecule has 3 aromatic rings. The highest BCUT2D eigenvalue weighted by Gasteiger charge is 2.41. The lowest BCUT2D eigenvalue weighted by molar-refractivity contribution is 0.108. The lowest BCUT2D eigenvalue weighted by Gasteiger charge is -2.44. The number of hydrogen-bond donors (Lipinski definition) is 1. The van der Waals surface area contributed by atoms with Crippen LogP contribution in [0.2, 0.25) is 0 Å². The minimum Gasteiger partial charge on any atom is -0.325 e. The number of aromatic nitrogens is 3. The van der Waals surface area contributed by atoms with E-state index in [1.807, 2.05) is 12.3 Å². The average Bonchev–Trinajstić information content (AvgIpc) is 3.17. The molecule has 0 atom stereocenters. The molecule has 1 fully saturated rings. The highest BCUT2D eigenvalue weighted by molar-refractivity contribution is 5.59. The molecule has 138 valence electrons. The molecule has 2 aliphatic heterocycles. The van der Waals surface area contributed by atoms with Crippen molar-refractivity contribution in [2.24, 2.45) is 0 Å². The zero-order chi connectivity index (χ0) is 18.1. The van der Waals surface area contributed by atoms with Crippen molar-refractivity contribution in [1.29, 1.82) is 0 Å². The number of nitrogens with one attached hydrogen (secondary N) is 1. The topological polar surface area (TPSA) is 46.0 Å². The predicted octanol–water partition coefficient (Wildman–Crippen LogP) is 3.04. The van der Waals surface area contributed by atoms with Crippen LogP contribution in [-0.4, -0.2) is 39.1 Å². The van der Waals surface area contributed by atoms with Crippen molar-refractivity contribution in [2.75, 3.05) is 19.6 Å². The van der Waals surface area contributed by atoms with Gasteiger partial charge in [-0.05, 0) is 30.5 Å². The van der Waals surface area contributed by atoms with Crippen molar-refractivity contribution >= 4 is 0 Å². The highest BCUT2D eigenvalue weighted by Crippen LogP contribution is 2.37. The van der Waals surface area contributed by atoms with Crippen molar-refractivity contribution in [3.63, 3.8) is 0 Å². The molecule has 5 heteroatoms. The third-order valence-electron chi connectivity index (χ3n) is 5.97. The van der Waals surface area contributed by atoms with Gasteiger partial charge in [0, 0.05) is 38.9 Å². The third kappa shape index (κ3) is 3.07. The van der Waals surface area contributed by atoms with Gasteiger partial charge in [-0.25, -0.2) is 4.98 Å². The van der Waals surface area contributed by atoms with E-state index >= 15 is 0 Å². The van der Waals surface area contributed by atoms with E-state index < -0.39 is 0 Å². The van der Waals surface area contributed by atoms with E-state index in [0.29, 0.717) is 0 Å². The van der Waals surface area contributed by atoms with Gasteiger partial charge in [-0.2, -0.15) is 0 Å². The van der Waals surface area contributed by atoms with Crippen LogP contribution in [0.5, 0.6) is 0 Å². The fourth-order valence-corrected chi connectivity index (χ4v) is 4.52. The molecule has 2 aromatic heterocycles. The number of rotatable bonds is 3. The van der Waals surface area contributed by atoms with Crippen LogP contribution >= 0.6 is 0 Å². The molecule has 4 heterocycles. The number of nitrogens with zero attached hydrogens (tertiary/aromatic N) is 4. The number of imidazole rings is 1. The molecule has 1 aromatic carbocycles. The normalized spacial score (nSPS) is 19.1. The van der Waals surface area contributed by atoms with Gasteiger partial charge in [-0.1, -0.05) is 36.4 Å². The Bertz CT molecular complexity index is 895. The van der Waals surface area contributed by atoms with Gasteiger partial charge in [0.15, 0.2) is 0 Å². The van der Waals surface area contributed by atoms with E-state index in [4.69, 9.17) is 4.98 Å². The van der Waals surface area contributed by atoms with Gasteiger partial charge in [0.2, 0.25) is 0 Å². The molecule has 1 saturated heterocycles. The predicted molar refractivity (Wildman–Crippen MR) is 106 cm³/mol. The molecule has 2 aliphatic rings. The summed E-state index contributed by atoms with van der Waals surface area (Å²) in [5.74, 6) is 1.21. The van der Waals surface area contributed by atoms with Crippen LogP contribution in [0.4, 0.5) is 0 Å². The Hall–Kier alpha value is -2.50. The first kappa shape index (κ1) is 16.7. The second-order valence-electron chi connectivity index (χ2n) is 7.59. The fourth-order valence-electron chi connectivity index (χ4n) is 4.52. The third-order valence-corrected chi connectivity index (χ3v) is 5.97. The Labute approximate surface area is 160 Å². The van der Waals surface area contributed by atoms with Gasteiger partial charge in [0.1, 0.15) is 5.82 Å². The molecule has 5 nitrogen and oxygen atoms in total. The molecular formula is C22H25N5. The molecule has 0 radical (unpaired) electrons. The second-order valence-corrected chi connectivity index (χ2v) is 7.59. The van der Waals surface area contributed by atoms with Gasteiger partial charge < -0.3 is 9.88 Å². The molecule has 5 rings (SSSR count). The Morgan fingerprint density at radius 1 is 0.926 bits per heavy atom. The Morgan fingerprint density at radius 2 is 1.74 bits per heavy atom. The number of hydrogen-bond acceptors (Lipinski definition) is 4. The Balaban J connectivity index is 1.36. The second kappa shape index (κ2) is 6.91. The summed E-state index contributed by atoms with van der Waals surface area (Å²) in [6, 6.07) is 16.8. The summed E-state index contributed by atoms with van der Waals surface area (Å²) in [6.07, 6.45) is 6.11. The van der Waals surface area contributed by atoms with Crippen LogP contribution in [0.25, 0.3) is 11.3 Å². The number of piperidine rings is 1. The molecule has 0 amide bonds. The summed E-state index contributed by atoms with van der Waals surface area (Å²) in [6.45, 7) is 5.05. The van der Waals surface area contributed by atoms with Crippen molar-refractivity contribution in [1.82, 2.24) is 24.8 Å². The molecule has 0 aliphatic carbocycles. The Kier molecular flexibility index (Phi) is 4.26. The maximum absolute atomic E-state index is 4.89. The van der Waals surface area contributed by atoms with Crippen molar-refractivity contribution in [3.8, 4) is 11.3 Å². The molecule has 27 heavy (non-hydrogen) atoms. The highest BCUT2D eigenvalue weighted by atomic mass is 15.2. The summed E-state index contributed by atoms with van der Waals surface area (Å²) in [4.78, 5) is 11.9. The van der Waals surface area contributed by atoms with Crippen LogP contribution in [0.1, 0.15) is 24.4 Å².